The fourth-order valence-corrected chi connectivity index (χ4v) is 1.86. The van der Waals surface area contributed by atoms with Crippen molar-refractivity contribution < 1.29 is 4.79 Å². The van der Waals surface area contributed by atoms with Gasteiger partial charge in [0.2, 0.25) is 0 Å². The highest BCUT2D eigenvalue weighted by atomic mass is 35.5. The lowest BCUT2D eigenvalue weighted by molar-refractivity contribution is 0.102. The Labute approximate surface area is 122 Å². The highest BCUT2D eigenvalue weighted by molar-refractivity contribution is 6.34. The number of aryl methyl sites for hydroxylation is 1. The molecule has 104 valence electrons. The smallest absolute Gasteiger partial charge is 0.277 e. The van der Waals surface area contributed by atoms with E-state index in [2.05, 4.69) is 20.6 Å². The zero-order chi connectivity index (χ0) is 14.5. The highest BCUT2D eigenvalue weighted by Crippen LogP contribution is 2.18. The molecule has 20 heavy (non-hydrogen) atoms. The Balaban J connectivity index is 2.25. The van der Waals surface area contributed by atoms with Crippen LogP contribution in [0.25, 0.3) is 0 Å². The molecule has 2 aromatic heterocycles. The largest absolute Gasteiger partial charge is 0.370 e. The number of pyridine rings is 2. The molecule has 6 heteroatoms. The predicted octanol–water partition coefficient (Wildman–Crippen LogP) is 3.12. The van der Waals surface area contributed by atoms with E-state index in [0.717, 1.165) is 12.1 Å². The molecule has 0 aromatic carbocycles. The second-order valence-electron chi connectivity index (χ2n) is 4.18. The Hall–Kier alpha value is -2.14. The van der Waals surface area contributed by atoms with Crippen LogP contribution >= 0.6 is 11.6 Å². The third-order valence-corrected chi connectivity index (χ3v) is 2.97. The minimum Gasteiger partial charge on any atom is -0.370 e. The van der Waals surface area contributed by atoms with Crippen molar-refractivity contribution in [1.82, 2.24) is 9.97 Å². The van der Waals surface area contributed by atoms with Crippen molar-refractivity contribution in [2.75, 3.05) is 17.2 Å². The molecule has 0 saturated heterocycles. The summed E-state index contributed by atoms with van der Waals surface area (Å²) in [6, 6.07) is 7.05. The quantitative estimate of drug-likeness (QED) is 0.908. The number of carbonyl (C=O) groups is 1. The van der Waals surface area contributed by atoms with Gasteiger partial charge < -0.3 is 10.6 Å². The molecule has 0 fully saturated rings. The summed E-state index contributed by atoms with van der Waals surface area (Å²) in [5, 5.41) is 6.06. The number of nitrogens with zero attached hydrogens (tertiary/aromatic N) is 2. The number of halogens is 1. The van der Waals surface area contributed by atoms with Crippen molar-refractivity contribution in [3.05, 3.63) is 46.7 Å². The molecular weight excluding hydrogens is 276 g/mol. The summed E-state index contributed by atoms with van der Waals surface area (Å²) in [5.74, 6) is 0.737. The Morgan fingerprint density at radius 2 is 2.15 bits per heavy atom. The fourth-order valence-electron chi connectivity index (χ4n) is 1.66. The number of hydrogen-bond acceptors (Lipinski definition) is 4. The van der Waals surface area contributed by atoms with Crippen molar-refractivity contribution in [3.8, 4) is 0 Å². The van der Waals surface area contributed by atoms with E-state index in [0.29, 0.717) is 16.7 Å². The Kier molecular flexibility index (Phi) is 4.53. The Bertz CT molecular complexity index is 630. The lowest BCUT2D eigenvalue weighted by atomic mass is 10.2. The number of amides is 1. The number of carbonyl (C=O) groups excluding carboxylic acids is 1. The van der Waals surface area contributed by atoms with E-state index in [1.165, 1.54) is 0 Å². The van der Waals surface area contributed by atoms with Gasteiger partial charge >= 0.3 is 0 Å². The molecule has 5 nitrogen and oxygen atoms in total. The average molecular weight is 291 g/mol. The van der Waals surface area contributed by atoms with Crippen LogP contribution in [0, 0.1) is 6.92 Å². The van der Waals surface area contributed by atoms with Crippen molar-refractivity contribution in [2.24, 2.45) is 0 Å². The molecule has 0 aliphatic carbocycles. The van der Waals surface area contributed by atoms with E-state index in [4.69, 9.17) is 11.6 Å². The standard InChI is InChI=1S/C14H15ClN4O/c1-3-16-11-7-6-10(15)12(18-11)14(20)19-13-9(2)5-4-8-17-13/h4-8H,3H2,1-2H3,(H,16,18)(H,17,19,20). The van der Waals surface area contributed by atoms with Crippen LogP contribution in [0.3, 0.4) is 0 Å². The molecule has 2 rings (SSSR count). The van der Waals surface area contributed by atoms with Crippen LogP contribution in [-0.4, -0.2) is 22.4 Å². The minimum absolute atomic E-state index is 0.176. The number of nitrogens with one attached hydrogen (secondary N) is 2. The van der Waals surface area contributed by atoms with Crippen molar-refractivity contribution in [2.45, 2.75) is 13.8 Å². The van der Waals surface area contributed by atoms with Gasteiger partial charge in [-0.05, 0) is 37.6 Å². The van der Waals surface area contributed by atoms with Gasteiger partial charge in [-0.25, -0.2) is 9.97 Å². The van der Waals surface area contributed by atoms with Crippen LogP contribution < -0.4 is 10.6 Å². The summed E-state index contributed by atoms with van der Waals surface area (Å²) in [6.07, 6.45) is 1.62. The molecule has 1 amide bonds. The van der Waals surface area contributed by atoms with Crippen LogP contribution in [0.5, 0.6) is 0 Å². The van der Waals surface area contributed by atoms with Crippen molar-refractivity contribution in [1.29, 1.82) is 0 Å². The maximum atomic E-state index is 12.2. The molecule has 0 saturated carbocycles. The number of anilines is 2. The first-order chi connectivity index (χ1) is 9.61. The highest BCUT2D eigenvalue weighted by Gasteiger charge is 2.14. The molecule has 0 aliphatic rings. The fraction of sp³-hybridized carbons (Fsp3) is 0.214. The van der Waals surface area contributed by atoms with Gasteiger partial charge in [-0.1, -0.05) is 17.7 Å². The van der Waals surface area contributed by atoms with E-state index >= 15 is 0 Å². The monoisotopic (exact) mass is 290 g/mol. The third-order valence-electron chi connectivity index (χ3n) is 2.66. The lowest BCUT2D eigenvalue weighted by Crippen LogP contribution is -2.16. The number of aromatic nitrogens is 2. The summed E-state index contributed by atoms with van der Waals surface area (Å²) in [5.41, 5.74) is 1.05. The first kappa shape index (κ1) is 14.3. The van der Waals surface area contributed by atoms with Gasteiger partial charge in [0, 0.05) is 12.7 Å². The molecule has 2 heterocycles. The molecule has 2 aromatic rings. The van der Waals surface area contributed by atoms with Gasteiger partial charge in [0.25, 0.3) is 5.91 Å². The summed E-state index contributed by atoms with van der Waals surface area (Å²) >= 11 is 6.03. The Morgan fingerprint density at radius 1 is 1.35 bits per heavy atom. The van der Waals surface area contributed by atoms with Gasteiger partial charge in [-0.3, -0.25) is 4.79 Å². The summed E-state index contributed by atoms with van der Waals surface area (Å²) in [6.45, 7) is 4.54. The van der Waals surface area contributed by atoms with Crippen LogP contribution in [-0.2, 0) is 0 Å². The molecule has 0 aliphatic heterocycles. The number of rotatable bonds is 4. The van der Waals surface area contributed by atoms with Gasteiger partial charge in [0.15, 0.2) is 0 Å². The first-order valence-electron chi connectivity index (χ1n) is 6.25. The molecule has 0 atom stereocenters. The Morgan fingerprint density at radius 3 is 2.85 bits per heavy atom. The predicted molar refractivity (Wildman–Crippen MR) is 80.3 cm³/mol. The maximum absolute atomic E-state index is 12.2. The zero-order valence-corrected chi connectivity index (χ0v) is 12.0. The molecule has 0 radical (unpaired) electrons. The van der Waals surface area contributed by atoms with Crippen LogP contribution in [0.1, 0.15) is 23.0 Å². The van der Waals surface area contributed by atoms with E-state index in [1.54, 1.807) is 18.3 Å². The number of hydrogen-bond donors (Lipinski definition) is 2. The lowest BCUT2D eigenvalue weighted by Gasteiger charge is -2.09. The van der Waals surface area contributed by atoms with Gasteiger partial charge in [-0.2, -0.15) is 0 Å². The summed E-state index contributed by atoms with van der Waals surface area (Å²) in [4.78, 5) is 20.5. The molecule has 0 bridgehead atoms. The van der Waals surface area contributed by atoms with Crippen molar-refractivity contribution in [3.63, 3.8) is 0 Å². The normalized spacial score (nSPS) is 10.2. The molecule has 0 spiro atoms. The van der Waals surface area contributed by atoms with Gasteiger partial charge in [-0.15, -0.1) is 0 Å². The zero-order valence-electron chi connectivity index (χ0n) is 11.3. The second kappa shape index (κ2) is 6.34. The average Bonchev–Trinajstić information content (AvgIpc) is 2.43. The van der Waals surface area contributed by atoms with Crippen LogP contribution in [0.4, 0.5) is 11.6 Å². The van der Waals surface area contributed by atoms with Gasteiger partial charge in [0.05, 0.1) is 5.02 Å². The molecule has 0 unspecified atom stereocenters. The first-order valence-corrected chi connectivity index (χ1v) is 6.63. The van der Waals surface area contributed by atoms with Crippen LogP contribution in [0.2, 0.25) is 5.02 Å². The van der Waals surface area contributed by atoms with Crippen LogP contribution in [0.15, 0.2) is 30.5 Å². The second-order valence-corrected chi connectivity index (χ2v) is 4.59. The maximum Gasteiger partial charge on any atom is 0.277 e. The minimum atomic E-state index is -0.378. The van der Waals surface area contributed by atoms with E-state index in [-0.39, 0.29) is 11.6 Å². The van der Waals surface area contributed by atoms with Crippen molar-refractivity contribution >= 4 is 29.1 Å². The third kappa shape index (κ3) is 3.24. The SMILES string of the molecule is CCNc1ccc(Cl)c(C(=O)Nc2ncccc2C)n1. The summed E-state index contributed by atoms with van der Waals surface area (Å²) < 4.78 is 0. The molecular formula is C14H15ClN4O. The summed E-state index contributed by atoms with van der Waals surface area (Å²) in [7, 11) is 0. The topological polar surface area (TPSA) is 66.9 Å². The van der Waals surface area contributed by atoms with Gasteiger partial charge in [0.1, 0.15) is 17.3 Å². The van der Waals surface area contributed by atoms with E-state index in [1.807, 2.05) is 26.0 Å². The van der Waals surface area contributed by atoms with E-state index in [9.17, 15) is 4.79 Å². The molecule has 2 N–H and O–H groups in total. The van der Waals surface area contributed by atoms with E-state index < -0.39 is 0 Å².